The van der Waals surface area contributed by atoms with E-state index in [2.05, 4.69) is 0 Å². The fourth-order valence-corrected chi connectivity index (χ4v) is 1.92. The third kappa shape index (κ3) is 2.05. The Bertz CT molecular complexity index is 568. The van der Waals surface area contributed by atoms with Crippen LogP contribution in [0.4, 0.5) is 11.4 Å². The van der Waals surface area contributed by atoms with Crippen LogP contribution in [0.5, 0.6) is 11.5 Å². The molecule has 2 rings (SSSR count). The molecule has 0 spiro atoms. The van der Waals surface area contributed by atoms with Gasteiger partial charge in [0.05, 0.1) is 19.9 Å². The predicted molar refractivity (Wildman–Crippen MR) is 73.8 cm³/mol. The Labute approximate surface area is 106 Å². The average Bonchev–Trinajstić information content (AvgIpc) is 2.38. The molecule has 4 heteroatoms. The van der Waals surface area contributed by atoms with Crippen LogP contribution in [0.1, 0.15) is 0 Å². The van der Waals surface area contributed by atoms with E-state index in [9.17, 15) is 0 Å². The van der Waals surface area contributed by atoms with Crippen molar-refractivity contribution >= 4 is 11.4 Å². The third-order valence-corrected chi connectivity index (χ3v) is 2.75. The number of ether oxygens (including phenoxy) is 2. The molecule has 4 N–H and O–H groups in total. The summed E-state index contributed by atoms with van der Waals surface area (Å²) in [5.74, 6) is 1.15. The SMILES string of the molecule is COc1c(N)ccc(-c2cccc(N)c2)c1OC. The molecule has 94 valence electrons. The molecule has 0 aliphatic carbocycles. The fourth-order valence-electron chi connectivity index (χ4n) is 1.92. The Morgan fingerprint density at radius 2 is 1.61 bits per heavy atom. The van der Waals surface area contributed by atoms with Crippen molar-refractivity contribution in [2.24, 2.45) is 0 Å². The van der Waals surface area contributed by atoms with Gasteiger partial charge in [0.1, 0.15) is 0 Å². The first-order valence-corrected chi connectivity index (χ1v) is 5.53. The molecule has 0 aliphatic rings. The van der Waals surface area contributed by atoms with Crippen molar-refractivity contribution < 1.29 is 9.47 Å². The highest BCUT2D eigenvalue weighted by atomic mass is 16.5. The van der Waals surface area contributed by atoms with E-state index < -0.39 is 0 Å². The van der Waals surface area contributed by atoms with E-state index in [-0.39, 0.29) is 0 Å². The number of hydrogen-bond donors (Lipinski definition) is 2. The largest absolute Gasteiger partial charge is 0.492 e. The number of methoxy groups -OCH3 is 2. The van der Waals surface area contributed by atoms with E-state index in [1.54, 1.807) is 20.3 Å². The highest BCUT2D eigenvalue weighted by Crippen LogP contribution is 2.42. The lowest BCUT2D eigenvalue weighted by Gasteiger charge is -2.15. The Balaban J connectivity index is 2.64. The first-order chi connectivity index (χ1) is 8.67. The minimum absolute atomic E-state index is 0.539. The lowest BCUT2D eigenvalue weighted by molar-refractivity contribution is 0.358. The van der Waals surface area contributed by atoms with Crippen molar-refractivity contribution in [1.29, 1.82) is 0 Å². The standard InChI is InChI=1S/C14H16N2O2/c1-17-13-11(6-7-12(16)14(13)18-2)9-4-3-5-10(15)8-9/h3-8H,15-16H2,1-2H3. The molecule has 4 nitrogen and oxygen atoms in total. The zero-order valence-corrected chi connectivity index (χ0v) is 10.4. The quantitative estimate of drug-likeness (QED) is 0.814. The molecule has 0 aromatic heterocycles. The van der Waals surface area contributed by atoms with Gasteiger partial charge in [-0.25, -0.2) is 0 Å². The second-order valence-electron chi connectivity index (χ2n) is 3.89. The van der Waals surface area contributed by atoms with Crippen LogP contribution in [-0.4, -0.2) is 14.2 Å². The molecule has 0 atom stereocenters. The molecule has 0 fully saturated rings. The minimum atomic E-state index is 0.539. The van der Waals surface area contributed by atoms with Crippen LogP contribution in [0.15, 0.2) is 36.4 Å². The first-order valence-electron chi connectivity index (χ1n) is 5.53. The molecule has 0 saturated heterocycles. The van der Waals surface area contributed by atoms with Crippen molar-refractivity contribution in [2.45, 2.75) is 0 Å². The van der Waals surface area contributed by atoms with Crippen molar-refractivity contribution in [3.63, 3.8) is 0 Å². The van der Waals surface area contributed by atoms with Crippen LogP contribution < -0.4 is 20.9 Å². The summed E-state index contributed by atoms with van der Waals surface area (Å²) < 4.78 is 10.7. The average molecular weight is 244 g/mol. The highest BCUT2D eigenvalue weighted by molar-refractivity contribution is 5.80. The molecule has 0 unspecified atom stereocenters. The molecule has 0 bridgehead atoms. The van der Waals surface area contributed by atoms with Crippen molar-refractivity contribution in [2.75, 3.05) is 25.7 Å². The maximum absolute atomic E-state index is 5.85. The van der Waals surface area contributed by atoms with Gasteiger partial charge in [0.2, 0.25) is 0 Å². The number of rotatable bonds is 3. The molecule has 0 radical (unpaired) electrons. The summed E-state index contributed by atoms with van der Waals surface area (Å²) in [6, 6.07) is 11.3. The summed E-state index contributed by atoms with van der Waals surface area (Å²) in [5.41, 5.74) is 14.8. The van der Waals surface area contributed by atoms with Gasteiger partial charge < -0.3 is 20.9 Å². The van der Waals surface area contributed by atoms with Crippen molar-refractivity contribution in [3.05, 3.63) is 36.4 Å². The number of hydrogen-bond acceptors (Lipinski definition) is 4. The molecule has 0 amide bonds. The molecular formula is C14H16N2O2. The Kier molecular flexibility index (Phi) is 3.28. The second kappa shape index (κ2) is 4.87. The van der Waals surface area contributed by atoms with Crippen LogP contribution in [0, 0.1) is 0 Å². The van der Waals surface area contributed by atoms with Crippen LogP contribution in [0.2, 0.25) is 0 Å². The van der Waals surface area contributed by atoms with Gasteiger partial charge in [-0.3, -0.25) is 0 Å². The Morgan fingerprint density at radius 1 is 0.889 bits per heavy atom. The lowest BCUT2D eigenvalue weighted by atomic mass is 10.0. The maximum atomic E-state index is 5.85. The van der Waals surface area contributed by atoms with Crippen LogP contribution in [0.25, 0.3) is 11.1 Å². The summed E-state index contributed by atoms with van der Waals surface area (Å²) >= 11 is 0. The van der Waals surface area contributed by atoms with E-state index in [1.165, 1.54) is 0 Å². The van der Waals surface area contributed by atoms with E-state index in [1.807, 2.05) is 30.3 Å². The Morgan fingerprint density at radius 3 is 2.22 bits per heavy atom. The molecular weight excluding hydrogens is 228 g/mol. The van der Waals surface area contributed by atoms with Gasteiger partial charge in [0.15, 0.2) is 11.5 Å². The molecule has 0 aliphatic heterocycles. The lowest BCUT2D eigenvalue weighted by Crippen LogP contribution is -1.98. The van der Waals surface area contributed by atoms with Crippen molar-refractivity contribution in [1.82, 2.24) is 0 Å². The summed E-state index contributed by atoms with van der Waals surface area (Å²) in [6.45, 7) is 0. The van der Waals surface area contributed by atoms with Gasteiger partial charge in [0, 0.05) is 11.3 Å². The van der Waals surface area contributed by atoms with Crippen LogP contribution in [-0.2, 0) is 0 Å². The zero-order valence-electron chi connectivity index (χ0n) is 10.4. The highest BCUT2D eigenvalue weighted by Gasteiger charge is 2.14. The van der Waals surface area contributed by atoms with Gasteiger partial charge in [-0.1, -0.05) is 12.1 Å². The summed E-state index contributed by atoms with van der Waals surface area (Å²) in [4.78, 5) is 0. The molecule has 0 saturated carbocycles. The maximum Gasteiger partial charge on any atom is 0.184 e. The molecule has 18 heavy (non-hydrogen) atoms. The minimum Gasteiger partial charge on any atom is -0.492 e. The topological polar surface area (TPSA) is 70.5 Å². The second-order valence-corrected chi connectivity index (χ2v) is 3.89. The van der Waals surface area contributed by atoms with E-state index in [4.69, 9.17) is 20.9 Å². The molecule has 2 aromatic rings. The van der Waals surface area contributed by atoms with Crippen molar-refractivity contribution in [3.8, 4) is 22.6 Å². The monoisotopic (exact) mass is 244 g/mol. The van der Waals surface area contributed by atoms with E-state index >= 15 is 0 Å². The van der Waals surface area contributed by atoms with Gasteiger partial charge in [-0.2, -0.15) is 0 Å². The van der Waals surface area contributed by atoms with Gasteiger partial charge in [0.25, 0.3) is 0 Å². The Hall–Kier alpha value is -2.36. The number of anilines is 2. The number of benzene rings is 2. The fraction of sp³-hybridized carbons (Fsp3) is 0.143. The van der Waals surface area contributed by atoms with Gasteiger partial charge in [-0.15, -0.1) is 0 Å². The van der Waals surface area contributed by atoms with Crippen LogP contribution >= 0.6 is 0 Å². The normalized spacial score (nSPS) is 10.1. The predicted octanol–water partition coefficient (Wildman–Crippen LogP) is 2.54. The van der Waals surface area contributed by atoms with Gasteiger partial charge in [-0.05, 0) is 29.8 Å². The number of nitrogens with two attached hydrogens (primary N) is 2. The van der Waals surface area contributed by atoms with E-state index in [0.717, 1.165) is 11.1 Å². The summed E-state index contributed by atoms with van der Waals surface area (Å²) in [5, 5.41) is 0. The first kappa shape index (κ1) is 12.1. The van der Waals surface area contributed by atoms with Gasteiger partial charge >= 0.3 is 0 Å². The smallest absolute Gasteiger partial charge is 0.184 e. The number of nitrogen functional groups attached to an aromatic ring is 2. The molecule has 2 aromatic carbocycles. The van der Waals surface area contributed by atoms with Crippen LogP contribution in [0.3, 0.4) is 0 Å². The summed E-state index contributed by atoms with van der Waals surface area (Å²) in [6.07, 6.45) is 0. The van der Waals surface area contributed by atoms with E-state index in [0.29, 0.717) is 22.9 Å². The third-order valence-electron chi connectivity index (χ3n) is 2.75. The summed E-state index contributed by atoms with van der Waals surface area (Å²) in [7, 11) is 3.16. The zero-order chi connectivity index (χ0) is 13.1. The molecule has 0 heterocycles.